The van der Waals surface area contributed by atoms with E-state index in [0.29, 0.717) is 11.6 Å². The van der Waals surface area contributed by atoms with Gasteiger partial charge in [-0.25, -0.2) is 19.3 Å². The maximum atomic E-state index is 13.4. The Morgan fingerprint density at radius 2 is 1.91 bits per heavy atom. The van der Waals surface area contributed by atoms with E-state index >= 15 is 0 Å². The lowest BCUT2D eigenvalue weighted by Gasteiger charge is -2.20. The molecule has 0 aliphatic carbocycles. The first-order valence-electron chi connectivity index (χ1n) is 9.96. The largest absolute Gasteiger partial charge is 0.433 e. The van der Waals surface area contributed by atoms with Crippen molar-refractivity contribution in [1.82, 2.24) is 20.3 Å². The molecule has 4 rings (SSSR count). The number of aromatic nitrogens is 3. The zero-order chi connectivity index (χ0) is 24.5. The summed E-state index contributed by atoms with van der Waals surface area (Å²) in [5.74, 6) is -1.09. The van der Waals surface area contributed by atoms with Gasteiger partial charge in [-0.1, -0.05) is 12.1 Å². The van der Waals surface area contributed by atoms with Crippen LogP contribution in [0.25, 0.3) is 11.4 Å². The minimum atomic E-state index is -4.70. The fraction of sp³-hybridized carbons (Fsp3) is 0.227. The molecule has 0 spiro atoms. The molecule has 0 bridgehead atoms. The molecular formula is C22H16F4N6O2. The summed E-state index contributed by atoms with van der Waals surface area (Å²) in [6, 6.07) is 8.29. The zero-order valence-electron chi connectivity index (χ0n) is 17.3. The van der Waals surface area contributed by atoms with Gasteiger partial charge in [0, 0.05) is 31.0 Å². The Morgan fingerprint density at radius 1 is 1.18 bits per heavy atom. The van der Waals surface area contributed by atoms with Crippen LogP contribution in [0.3, 0.4) is 0 Å². The third-order valence-corrected chi connectivity index (χ3v) is 5.19. The Hall–Kier alpha value is -4.11. The standard InChI is InChI=1S/C22H16F4N6O2/c23-15-3-1-2-12(6-15)19-28-8-14(9-29-19)21(34)30-16-10-32(11-17(16)33)20-13(7-27)4-5-18(31-20)22(24,25)26/h1-6,8-9,16-17,33H,10-11H2,(H,30,34). The first kappa shape index (κ1) is 23.1. The number of amides is 1. The lowest BCUT2D eigenvalue weighted by atomic mass is 10.2. The van der Waals surface area contributed by atoms with Crippen LogP contribution < -0.4 is 10.2 Å². The van der Waals surface area contributed by atoms with Gasteiger partial charge in [0.05, 0.1) is 23.3 Å². The van der Waals surface area contributed by atoms with Gasteiger partial charge in [0.2, 0.25) is 0 Å². The third kappa shape index (κ3) is 4.79. The monoisotopic (exact) mass is 472 g/mol. The molecule has 1 aliphatic heterocycles. The second-order valence-corrected chi connectivity index (χ2v) is 7.54. The van der Waals surface area contributed by atoms with Crippen LogP contribution in [0.4, 0.5) is 23.4 Å². The molecule has 2 unspecified atom stereocenters. The van der Waals surface area contributed by atoms with Gasteiger partial charge in [-0.15, -0.1) is 0 Å². The highest BCUT2D eigenvalue weighted by Crippen LogP contribution is 2.31. The lowest BCUT2D eigenvalue weighted by Crippen LogP contribution is -2.43. The van der Waals surface area contributed by atoms with Crippen molar-refractivity contribution in [2.24, 2.45) is 0 Å². The number of hydrogen-bond acceptors (Lipinski definition) is 7. The number of alkyl halides is 3. The van der Waals surface area contributed by atoms with E-state index in [2.05, 4.69) is 20.3 Å². The number of rotatable bonds is 4. The summed E-state index contributed by atoms with van der Waals surface area (Å²) in [5, 5.41) is 22.2. The second kappa shape index (κ2) is 9.03. The summed E-state index contributed by atoms with van der Waals surface area (Å²) in [6.45, 7) is -0.207. The molecule has 1 aromatic carbocycles. The van der Waals surface area contributed by atoms with Crippen LogP contribution in [0.5, 0.6) is 0 Å². The van der Waals surface area contributed by atoms with Gasteiger partial charge in [0.1, 0.15) is 23.4 Å². The minimum Gasteiger partial charge on any atom is -0.389 e. The van der Waals surface area contributed by atoms with Crippen molar-refractivity contribution in [3.05, 3.63) is 71.4 Å². The summed E-state index contributed by atoms with van der Waals surface area (Å²) >= 11 is 0. The van der Waals surface area contributed by atoms with Crippen molar-refractivity contribution in [3.8, 4) is 17.5 Å². The van der Waals surface area contributed by atoms with Crippen LogP contribution in [0.2, 0.25) is 0 Å². The van der Waals surface area contributed by atoms with Crippen LogP contribution in [0, 0.1) is 17.1 Å². The number of anilines is 1. The summed E-state index contributed by atoms with van der Waals surface area (Å²) < 4.78 is 52.6. The van der Waals surface area contributed by atoms with E-state index in [1.165, 1.54) is 35.5 Å². The highest BCUT2D eigenvalue weighted by atomic mass is 19.4. The highest BCUT2D eigenvalue weighted by molar-refractivity contribution is 5.94. The maximum Gasteiger partial charge on any atom is 0.433 e. The van der Waals surface area contributed by atoms with Crippen LogP contribution in [-0.2, 0) is 6.18 Å². The van der Waals surface area contributed by atoms with Crippen LogP contribution in [0.15, 0.2) is 48.8 Å². The second-order valence-electron chi connectivity index (χ2n) is 7.54. The molecule has 3 heterocycles. The van der Waals surface area contributed by atoms with E-state index < -0.39 is 35.7 Å². The zero-order valence-corrected chi connectivity index (χ0v) is 17.3. The van der Waals surface area contributed by atoms with Gasteiger partial charge in [-0.3, -0.25) is 4.79 Å². The summed E-state index contributed by atoms with van der Waals surface area (Å²) in [6.07, 6.45) is -3.35. The van der Waals surface area contributed by atoms with E-state index in [-0.39, 0.29) is 35.9 Å². The molecule has 1 amide bonds. The van der Waals surface area contributed by atoms with E-state index in [4.69, 9.17) is 0 Å². The number of pyridine rings is 1. The van der Waals surface area contributed by atoms with Gasteiger partial charge < -0.3 is 15.3 Å². The Morgan fingerprint density at radius 3 is 2.56 bits per heavy atom. The lowest BCUT2D eigenvalue weighted by molar-refractivity contribution is -0.141. The molecule has 174 valence electrons. The molecule has 0 radical (unpaired) electrons. The van der Waals surface area contributed by atoms with Gasteiger partial charge in [-0.2, -0.15) is 18.4 Å². The Labute approximate surface area is 190 Å². The fourth-order valence-electron chi connectivity index (χ4n) is 3.51. The topological polar surface area (TPSA) is 115 Å². The molecule has 8 nitrogen and oxygen atoms in total. The Balaban J connectivity index is 1.48. The number of nitrogens with zero attached hydrogens (tertiary/aromatic N) is 5. The predicted octanol–water partition coefficient (Wildman–Crippen LogP) is 2.55. The summed E-state index contributed by atoms with van der Waals surface area (Å²) in [4.78, 5) is 25.6. The summed E-state index contributed by atoms with van der Waals surface area (Å²) in [5.41, 5.74) is -0.760. The molecule has 2 aromatic heterocycles. The number of hydrogen-bond donors (Lipinski definition) is 2. The first-order chi connectivity index (χ1) is 16.2. The van der Waals surface area contributed by atoms with Gasteiger partial charge >= 0.3 is 6.18 Å². The Kier molecular flexibility index (Phi) is 6.12. The SMILES string of the molecule is N#Cc1ccc(C(F)(F)F)nc1N1CC(O)C(NC(=O)c2cnc(-c3cccc(F)c3)nc2)C1. The molecule has 2 N–H and O–H groups in total. The predicted molar refractivity (Wildman–Crippen MR) is 111 cm³/mol. The molecule has 1 aliphatic rings. The van der Waals surface area contributed by atoms with E-state index in [9.17, 15) is 32.7 Å². The molecule has 2 atom stereocenters. The fourth-order valence-corrected chi connectivity index (χ4v) is 3.51. The molecule has 34 heavy (non-hydrogen) atoms. The van der Waals surface area contributed by atoms with Crippen molar-refractivity contribution in [2.75, 3.05) is 18.0 Å². The highest BCUT2D eigenvalue weighted by Gasteiger charge is 2.37. The summed E-state index contributed by atoms with van der Waals surface area (Å²) in [7, 11) is 0. The van der Waals surface area contributed by atoms with Crippen molar-refractivity contribution >= 4 is 11.7 Å². The van der Waals surface area contributed by atoms with E-state index in [0.717, 1.165) is 6.07 Å². The quantitative estimate of drug-likeness (QED) is 0.561. The minimum absolute atomic E-state index is 0.0701. The van der Waals surface area contributed by atoms with Gasteiger partial charge in [0.25, 0.3) is 5.91 Å². The number of nitrogens with one attached hydrogen (secondary N) is 1. The molecule has 1 fully saturated rings. The average Bonchev–Trinajstić information content (AvgIpc) is 3.18. The molecule has 1 saturated heterocycles. The van der Waals surface area contributed by atoms with E-state index in [1.54, 1.807) is 12.1 Å². The molecule has 0 saturated carbocycles. The average molecular weight is 472 g/mol. The van der Waals surface area contributed by atoms with Crippen molar-refractivity contribution < 1.29 is 27.5 Å². The number of carbonyl (C=O) groups excluding carboxylic acids is 1. The number of carbonyl (C=O) groups is 1. The number of benzene rings is 1. The number of nitriles is 1. The van der Waals surface area contributed by atoms with Crippen LogP contribution in [-0.4, -0.2) is 51.2 Å². The number of aliphatic hydroxyl groups excluding tert-OH is 1. The molecule has 12 heteroatoms. The van der Waals surface area contributed by atoms with Crippen molar-refractivity contribution in [2.45, 2.75) is 18.3 Å². The van der Waals surface area contributed by atoms with Gasteiger partial charge in [0.15, 0.2) is 5.82 Å². The smallest absolute Gasteiger partial charge is 0.389 e. The first-order valence-corrected chi connectivity index (χ1v) is 9.96. The normalized spacial score (nSPS) is 17.9. The maximum absolute atomic E-state index is 13.4. The Bertz CT molecular complexity index is 1260. The van der Waals surface area contributed by atoms with Gasteiger partial charge in [-0.05, 0) is 24.3 Å². The third-order valence-electron chi connectivity index (χ3n) is 5.19. The van der Waals surface area contributed by atoms with Crippen molar-refractivity contribution in [3.63, 3.8) is 0 Å². The number of aliphatic hydroxyl groups is 1. The van der Waals surface area contributed by atoms with Crippen LogP contribution in [0.1, 0.15) is 21.6 Å². The van der Waals surface area contributed by atoms with E-state index in [1.807, 2.05) is 0 Å². The molecular weight excluding hydrogens is 456 g/mol. The number of β-amino-alcohol motifs (C(OH)–C–C–N with tert-alkyl or cyclic N) is 1. The number of halogens is 4. The van der Waals surface area contributed by atoms with Crippen molar-refractivity contribution in [1.29, 1.82) is 5.26 Å². The molecule has 3 aromatic rings. The van der Waals surface area contributed by atoms with Crippen LogP contribution >= 0.6 is 0 Å².